The van der Waals surface area contributed by atoms with Crippen molar-refractivity contribution < 1.29 is 24.2 Å². The van der Waals surface area contributed by atoms with Gasteiger partial charge in [0.25, 0.3) is 0 Å². The van der Waals surface area contributed by atoms with Gasteiger partial charge in [0, 0.05) is 12.6 Å². The Labute approximate surface area is 132 Å². The average molecular weight is 313 g/mol. The van der Waals surface area contributed by atoms with Gasteiger partial charge in [0.2, 0.25) is 5.91 Å². The van der Waals surface area contributed by atoms with Gasteiger partial charge in [-0.3, -0.25) is 4.79 Å². The highest BCUT2D eigenvalue weighted by atomic mass is 16.6. The minimum Gasteiger partial charge on any atom is -0.486 e. The molecule has 2 N–H and O–H groups in total. The average Bonchev–Trinajstić information content (AvgIpc) is 2.54. The van der Waals surface area contributed by atoms with Crippen LogP contribution in [0.1, 0.15) is 17.3 Å². The molecule has 1 heterocycles. The summed E-state index contributed by atoms with van der Waals surface area (Å²) in [4.78, 5) is 22.5. The van der Waals surface area contributed by atoms with Gasteiger partial charge in [-0.2, -0.15) is 0 Å². The Kier molecular flexibility index (Phi) is 3.89. The zero-order chi connectivity index (χ0) is 16.4. The van der Waals surface area contributed by atoms with Gasteiger partial charge in [0.05, 0.1) is 0 Å². The van der Waals surface area contributed by atoms with Gasteiger partial charge in [-0.1, -0.05) is 12.1 Å². The van der Waals surface area contributed by atoms with E-state index >= 15 is 0 Å². The van der Waals surface area contributed by atoms with Crippen LogP contribution in [0.5, 0.6) is 11.5 Å². The van der Waals surface area contributed by atoms with E-state index in [1.165, 1.54) is 6.92 Å². The van der Waals surface area contributed by atoms with Gasteiger partial charge in [-0.25, -0.2) is 4.79 Å². The van der Waals surface area contributed by atoms with Crippen LogP contribution in [-0.4, -0.2) is 30.2 Å². The topological polar surface area (TPSA) is 84.9 Å². The lowest BCUT2D eigenvalue weighted by molar-refractivity contribution is -0.114. The normalized spacial score (nSPS) is 12.6. The minimum absolute atomic E-state index is 0.0723. The lowest BCUT2D eigenvalue weighted by Crippen LogP contribution is -2.18. The number of rotatable bonds is 3. The summed E-state index contributed by atoms with van der Waals surface area (Å²) in [6.07, 6.45) is 0. The second-order valence-corrected chi connectivity index (χ2v) is 5.11. The highest BCUT2D eigenvalue weighted by molar-refractivity contribution is 5.94. The maximum Gasteiger partial charge on any atom is 0.339 e. The lowest BCUT2D eigenvalue weighted by Gasteiger charge is -2.21. The number of fused-ring (bicyclic) bond motifs is 1. The van der Waals surface area contributed by atoms with Crippen LogP contribution in [0.3, 0.4) is 0 Å². The van der Waals surface area contributed by atoms with Crippen molar-refractivity contribution in [3.8, 4) is 22.6 Å². The van der Waals surface area contributed by atoms with Gasteiger partial charge in [-0.05, 0) is 35.4 Å². The summed E-state index contributed by atoms with van der Waals surface area (Å²) >= 11 is 0. The summed E-state index contributed by atoms with van der Waals surface area (Å²) < 4.78 is 10.9. The van der Waals surface area contributed by atoms with Crippen LogP contribution in [0.25, 0.3) is 11.1 Å². The molecule has 0 spiro atoms. The van der Waals surface area contributed by atoms with Gasteiger partial charge >= 0.3 is 5.97 Å². The number of amides is 1. The summed E-state index contributed by atoms with van der Waals surface area (Å²) in [7, 11) is 0. The summed E-state index contributed by atoms with van der Waals surface area (Å²) in [6, 6.07) is 10.4. The number of hydrogen-bond donors (Lipinski definition) is 2. The van der Waals surface area contributed by atoms with Crippen LogP contribution in [0.2, 0.25) is 0 Å². The molecule has 0 fully saturated rings. The van der Waals surface area contributed by atoms with Crippen LogP contribution in [0.15, 0.2) is 36.4 Å². The van der Waals surface area contributed by atoms with Crippen LogP contribution >= 0.6 is 0 Å². The molecular formula is C17H15NO5. The Balaban J connectivity index is 2.01. The first-order chi connectivity index (χ1) is 11.0. The molecule has 23 heavy (non-hydrogen) atoms. The molecule has 6 heteroatoms. The number of carbonyl (C=O) groups is 2. The van der Waals surface area contributed by atoms with Crippen molar-refractivity contribution in [3.05, 3.63) is 42.0 Å². The van der Waals surface area contributed by atoms with Gasteiger partial charge < -0.3 is 19.9 Å². The Morgan fingerprint density at radius 1 is 1.04 bits per heavy atom. The van der Waals surface area contributed by atoms with Crippen LogP contribution in [0, 0.1) is 0 Å². The van der Waals surface area contributed by atoms with E-state index in [2.05, 4.69) is 5.32 Å². The van der Waals surface area contributed by atoms with E-state index in [1.807, 2.05) is 12.1 Å². The Morgan fingerprint density at radius 3 is 2.39 bits per heavy atom. The van der Waals surface area contributed by atoms with Crippen molar-refractivity contribution in [2.24, 2.45) is 0 Å². The number of carboxylic acid groups (broad SMARTS) is 1. The number of carboxylic acids is 1. The molecule has 1 aliphatic heterocycles. The monoisotopic (exact) mass is 313 g/mol. The number of ether oxygens (including phenoxy) is 2. The smallest absolute Gasteiger partial charge is 0.339 e. The fourth-order valence-electron chi connectivity index (χ4n) is 2.43. The molecule has 0 unspecified atom stereocenters. The zero-order valence-electron chi connectivity index (χ0n) is 12.5. The molecule has 3 rings (SSSR count). The van der Waals surface area contributed by atoms with E-state index in [1.54, 1.807) is 24.3 Å². The van der Waals surface area contributed by atoms with Crippen molar-refractivity contribution in [2.75, 3.05) is 18.5 Å². The Morgan fingerprint density at radius 2 is 1.74 bits per heavy atom. The van der Waals surface area contributed by atoms with E-state index in [0.29, 0.717) is 30.2 Å². The number of benzene rings is 2. The SMILES string of the molecule is CC(=O)Nc1ccc(-c2cc3c(c(C(=O)O)c2)OCCO3)cc1. The van der Waals surface area contributed by atoms with E-state index < -0.39 is 5.97 Å². The molecule has 0 radical (unpaired) electrons. The first kappa shape index (κ1) is 14.9. The number of anilines is 1. The second-order valence-electron chi connectivity index (χ2n) is 5.11. The maximum atomic E-state index is 11.4. The fraction of sp³-hybridized carbons (Fsp3) is 0.176. The Hall–Kier alpha value is -3.02. The molecule has 0 aromatic heterocycles. The van der Waals surface area contributed by atoms with Crippen LogP contribution in [0.4, 0.5) is 5.69 Å². The number of aromatic carboxylic acids is 1. The van der Waals surface area contributed by atoms with Crippen LogP contribution in [-0.2, 0) is 4.79 Å². The second kappa shape index (κ2) is 6.00. The van der Waals surface area contributed by atoms with Crippen molar-refractivity contribution in [3.63, 3.8) is 0 Å². The summed E-state index contributed by atoms with van der Waals surface area (Å²) in [5.41, 5.74) is 2.28. The standard InChI is InChI=1S/C17H15NO5/c1-10(19)18-13-4-2-11(3-5-13)12-8-14(17(20)21)16-15(9-12)22-6-7-23-16/h2-5,8-9H,6-7H2,1H3,(H,18,19)(H,20,21). The van der Waals surface area contributed by atoms with Gasteiger partial charge in [0.15, 0.2) is 11.5 Å². The summed E-state index contributed by atoms with van der Waals surface area (Å²) in [5.74, 6) is -0.520. The highest BCUT2D eigenvalue weighted by Gasteiger charge is 2.22. The minimum atomic E-state index is -1.07. The quantitative estimate of drug-likeness (QED) is 0.910. The van der Waals surface area contributed by atoms with E-state index in [9.17, 15) is 14.7 Å². The molecule has 0 bridgehead atoms. The third kappa shape index (κ3) is 3.11. The van der Waals surface area contributed by atoms with Crippen molar-refractivity contribution in [1.29, 1.82) is 0 Å². The molecule has 1 amide bonds. The molecule has 1 aliphatic rings. The number of carbonyl (C=O) groups excluding carboxylic acids is 1. The third-order valence-electron chi connectivity index (χ3n) is 3.41. The largest absolute Gasteiger partial charge is 0.486 e. The Bertz CT molecular complexity index is 767. The van der Waals surface area contributed by atoms with E-state index in [-0.39, 0.29) is 17.2 Å². The zero-order valence-corrected chi connectivity index (χ0v) is 12.5. The molecule has 2 aromatic carbocycles. The molecule has 0 saturated carbocycles. The number of hydrogen-bond acceptors (Lipinski definition) is 4. The molecule has 0 aliphatic carbocycles. The predicted octanol–water partition coefficient (Wildman–Crippen LogP) is 2.78. The maximum absolute atomic E-state index is 11.4. The first-order valence-corrected chi connectivity index (χ1v) is 7.09. The van der Waals surface area contributed by atoms with E-state index in [0.717, 1.165) is 5.56 Å². The van der Waals surface area contributed by atoms with Crippen molar-refractivity contribution >= 4 is 17.6 Å². The molecule has 2 aromatic rings. The van der Waals surface area contributed by atoms with Gasteiger partial charge in [0.1, 0.15) is 18.8 Å². The number of nitrogens with one attached hydrogen (secondary N) is 1. The fourth-order valence-corrected chi connectivity index (χ4v) is 2.43. The summed E-state index contributed by atoms with van der Waals surface area (Å²) in [6.45, 7) is 2.16. The highest BCUT2D eigenvalue weighted by Crippen LogP contribution is 2.38. The van der Waals surface area contributed by atoms with Crippen molar-refractivity contribution in [1.82, 2.24) is 0 Å². The molecular weight excluding hydrogens is 298 g/mol. The van der Waals surface area contributed by atoms with Crippen LogP contribution < -0.4 is 14.8 Å². The first-order valence-electron chi connectivity index (χ1n) is 7.09. The van der Waals surface area contributed by atoms with E-state index in [4.69, 9.17) is 9.47 Å². The van der Waals surface area contributed by atoms with Gasteiger partial charge in [-0.15, -0.1) is 0 Å². The van der Waals surface area contributed by atoms with Crippen molar-refractivity contribution in [2.45, 2.75) is 6.92 Å². The third-order valence-corrected chi connectivity index (χ3v) is 3.41. The lowest BCUT2D eigenvalue weighted by atomic mass is 10.0. The molecule has 0 atom stereocenters. The predicted molar refractivity (Wildman–Crippen MR) is 84.1 cm³/mol. The molecule has 118 valence electrons. The molecule has 0 saturated heterocycles. The molecule has 6 nitrogen and oxygen atoms in total. The summed E-state index contributed by atoms with van der Waals surface area (Å²) in [5, 5.41) is 12.1.